The first kappa shape index (κ1) is 34.4. The molecule has 0 aliphatic carbocycles. The molecule has 0 aliphatic rings. The molecule has 1 aromatic carbocycles. The van der Waals surface area contributed by atoms with E-state index in [9.17, 15) is 9.59 Å². The lowest BCUT2D eigenvalue weighted by atomic mass is 10.1. The van der Waals surface area contributed by atoms with E-state index in [4.69, 9.17) is 9.15 Å². The van der Waals surface area contributed by atoms with Crippen molar-refractivity contribution in [1.29, 1.82) is 0 Å². The van der Waals surface area contributed by atoms with Crippen LogP contribution in [0, 0.1) is 0 Å². The Morgan fingerprint density at radius 1 is 0.816 bits per heavy atom. The minimum atomic E-state index is -0.223. The van der Waals surface area contributed by atoms with Crippen molar-refractivity contribution in [3.8, 4) is 5.75 Å². The van der Waals surface area contributed by atoms with Crippen molar-refractivity contribution in [2.24, 2.45) is 0 Å². The fraction of sp³-hybridized carbons (Fsp3) is 0.688. The molecule has 0 amide bonds. The topological polar surface area (TPSA) is 56.5 Å². The highest BCUT2D eigenvalue weighted by Crippen LogP contribution is 2.21. The summed E-state index contributed by atoms with van der Waals surface area (Å²) in [5.41, 5.74) is 1.21. The number of carbonyl (C=O) groups excluding carboxylic acids is 1. The highest BCUT2D eigenvalue weighted by Gasteiger charge is 2.19. The number of carbonyl (C=O) groups is 1. The van der Waals surface area contributed by atoms with Gasteiger partial charge in [0.15, 0.2) is 5.43 Å². The molecule has 0 aliphatic heterocycles. The molecule has 2 aromatic rings. The molecule has 6 heteroatoms. The Bertz CT molecular complexity index is 975. The second-order valence-corrected chi connectivity index (χ2v) is 10.6. The maximum atomic E-state index is 12.7. The molecule has 0 spiro atoms. The van der Waals surface area contributed by atoms with Crippen LogP contribution in [0.2, 0.25) is 0 Å². The van der Waals surface area contributed by atoms with Crippen LogP contribution < -0.4 is 27.1 Å². The summed E-state index contributed by atoms with van der Waals surface area (Å²) in [4.78, 5) is 25.0. The van der Waals surface area contributed by atoms with Crippen LogP contribution >= 0.6 is 0 Å². The molecule has 0 unspecified atom stereocenters. The van der Waals surface area contributed by atoms with Crippen LogP contribution in [0.25, 0.3) is 11.0 Å². The lowest BCUT2D eigenvalue weighted by molar-refractivity contribution is -0.923. The number of unbranched alkanes of at least 4 members (excludes halogenated alkanes) is 10. The lowest BCUT2D eigenvalue weighted by Crippen LogP contribution is -3.00. The first-order valence-corrected chi connectivity index (χ1v) is 15.1. The molecule has 0 bridgehead atoms. The SMILES string of the molecule is CCCCCCc1coc2cc(OC(=O)CCCCCCCCCC[N+](CC)(CC)CC)ccc2c1=O.[Br-]. The molecule has 0 saturated carbocycles. The number of esters is 1. The molecule has 5 nitrogen and oxygen atoms in total. The van der Waals surface area contributed by atoms with Gasteiger partial charge >= 0.3 is 5.97 Å². The van der Waals surface area contributed by atoms with Gasteiger partial charge in [-0.2, -0.15) is 0 Å². The van der Waals surface area contributed by atoms with Crippen LogP contribution in [0.4, 0.5) is 0 Å². The predicted octanol–water partition coefficient (Wildman–Crippen LogP) is 5.21. The monoisotopic (exact) mass is 593 g/mol. The zero-order valence-corrected chi connectivity index (χ0v) is 26.1. The van der Waals surface area contributed by atoms with Crippen molar-refractivity contribution in [1.82, 2.24) is 0 Å². The van der Waals surface area contributed by atoms with E-state index in [1.54, 1.807) is 24.5 Å². The molecule has 0 fully saturated rings. The second-order valence-electron chi connectivity index (χ2n) is 10.6. The van der Waals surface area contributed by atoms with Crippen molar-refractivity contribution in [3.63, 3.8) is 0 Å². The number of ether oxygens (including phenoxy) is 1. The average Bonchev–Trinajstić information content (AvgIpc) is 2.91. The van der Waals surface area contributed by atoms with Crippen molar-refractivity contribution < 1.29 is 35.4 Å². The maximum Gasteiger partial charge on any atom is 0.311 e. The Morgan fingerprint density at radius 3 is 2.05 bits per heavy atom. The predicted molar refractivity (Wildman–Crippen MR) is 154 cm³/mol. The third-order valence-electron chi connectivity index (χ3n) is 8.12. The van der Waals surface area contributed by atoms with Crippen molar-refractivity contribution in [3.05, 3.63) is 40.2 Å². The number of hydrogen-bond donors (Lipinski definition) is 0. The number of fused-ring (bicyclic) bond motifs is 1. The quantitative estimate of drug-likeness (QED) is 0.0914. The first-order chi connectivity index (χ1) is 18.0. The van der Waals surface area contributed by atoms with E-state index in [1.165, 1.54) is 82.0 Å². The maximum absolute atomic E-state index is 12.7. The van der Waals surface area contributed by atoms with Gasteiger partial charge in [0.1, 0.15) is 11.3 Å². The van der Waals surface area contributed by atoms with Crippen LogP contribution in [0.5, 0.6) is 5.75 Å². The van der Waals surface area contributed by atoms with Gasteiger partial charge in [-0.1, -0.05) is 58.3 Å². The molecule has 0 saturated heterocycles. The first-order valence-electron chi connectivity index (χ1n) is 15.1. The van der Waals surface area contributed by atoms with Crippen LogP contribution in [0.3, 0.4) is 0 Å². The molecule has 0 radical (unpaired) electrons. The molecular formula is C32H52BrNO4. The second kappa shape index (κ2) is 19.4. The van der Waals surface area contributed by atoms with Gasteiger partial charge in [0.05, 0.1) is 37.8 Å². The summed E-state index contributed by atoms with van der Waals surface area (Å²) in [6, 6.07) is 5.06. The fourth-order valence-electron chi connectivity index (χ4n) is 5.23. The zero-order chi connectivity index (χ0) is 26.9. The standard InChI is InChI=1S/C32H52NO4.BrH/c1-5-9-10-17-20-27-26-36-30-25-28(22-23-29(30)32(27)35)37-31(34)21-18-15-13-11-12-14-16-19-24-33(6-2,7-3)8-4;/h22-23,25-26H,5-21,24H2,1-4H3;1H/q+1;/p-1. The van der Waals surface area contributed by atoms with E-state index in [-0.39, 0.29) is 28.4 Å². The minimum absolute atomic E-state index is 0. The molecule has 38 heavy (non-hydrogen) atoms. The third kappa shape index (κ3) is 11.6. The van der Waals surface area contributed by atoms with Gasteiger partial charge < -0.3 is 30.6 Å². The summed E-state index contributed by atoms with van der Waals surface area (Å²) in [6.07, 6.45) is 16.8. The molecule has 0 atom stereocenters. The summed E-state index contributed by atoms with van der Waals surface area (Å²) in [5.74, 6) is 0.215. The Balaban J connectivity index is 0.00000722. The van der Waals surface area contributed by atoms with Gasteiger partial charge in [0.25, 0.3) is 0 Å². The Labute approximate surface area is 241 Å². The molecular weight excluding hydrogens is 542 g/mol. The largest absolute Gasteiger partial charge is 1.00 e. The summed E-state index contributed by atoms with van der Waals surface area (Å²) in [6.45, 7) is 14.2. The fourth-order valence-corrected chi connectivity index (χ4v) is 5.23. The number of halogens is 1. The van der Waals surface area contributed by atoms with Crippen LogP contribution in [0.15, 0.2) is 33.7 Å². The van der Waals surface area contributed by atoms with E-state index < -0.39 is 0 Å². The number of nitrogens with zero attached hydrogens (tertiary/aromatic N) is 1. The summed E-state index contributed by atoms with van der Waals surface area (Å²) < 4.78 is 12.5. The lowest BCUT2D eigenvalue weighted by Gasteiger charge is -2.35. The highest BCUT2D eigenvalue weighted by atomic mass is 79.9. The zero-order valence-electron chi connectivity index (χ0n) is 24.5. The van der Waals surface area contributed by atoms with E-state index in [1.807, 2.05) is 0 Å². The summed E-state index contributed by atoms with van der Waals surface area (Å²) in [7, 11) is 0. The van der Waals surface area contributed by atoms with Crippen molar-refractivity contribution in [2.75, 3.05) is 26.2 Å². The van der Waals surface area contributed by atoms with Gasteiger partial charge in [-0.3, -0.25) is 9.59 Å². The van der Waals surface area contributed by atoms with Gasteiger partial charge in [0, 0.05) is 18.1 Å². The number of rotatable bonds is 20. The Morgan fingerprint density at radius 2 is 1.42 bits per heavy atom. The van der Waals surface area contributed by atoms with Crippen molar-refractivity contribution >= 4 is 16.9 Å². The van der Waals surface area contributed by atoms with Gasteiger partial charge in [-0.05, 0) is 65.0 Å². The van der Waals surface area contributed by atoms with E-state index >= 15 is 0 Å². The van der Waals surface area contributed by atoms with Crippen LogP contribution in [-0.2, 0) is 11.2 Å². The normalized spacial score (nSPS) is 11.5. The van der Waals surface area contributed by atoms with Crippen molar-refractivity contribution in [2.45, 2.75) is 118 Å². The molecule has 1 aromatic heterocycles. The number of aryl methyl sites for hydroxylation is 1. The smallest absolute Gasteiger partial charge is 0.311 e. The number of hydrogen-bond acceptors (Lipinski definition) is 4. The van der Waals surface area contributed by atoms with Crippen LogP contribution in [-0.4, -0.2) is 36.6 Å². The minimum Gasteiger partial charge on any atom is -1.00 e. The van der Waals surface area contributed by atoms with E-state index in [2.05, 4.69) is 27.7 Å². The Hall–Kier alpha value is -1.66. The number of quaternary nitrogens is 1. The summed E-state index contributed by atoms with van der Waals surface area (Å²) in [5, 5.41) is 0.548. The molecule has 2 rings (SSSR count). The average molecular weight is 595 g/mol. The highest BCUT2D eigenvalue weighted by molar-refractivity contribution is 5.80. The summed E-state index contributed by atoms with van der Waals surface area (Å²) >= 11 is 0. The molecule has 0 N–H and O–H groups in total. The van der Waals surface area contributed by atoms with E-state index in [0.717, 1.165) is 37.7 Å². The van der Waals surface area contributed by atoms with Gasteiger partial charge in [-0.25, -0.2) is 0 Å². The van der Waals surface area contributed by atoms with Crippen LogP contribution in [0.1, 0.15) is 117 Å². The van der Waals surface area contributed by atoms with Gasteiger partial charge in [0.2, 0.25) is 0 Å². The Kier molecular flexibility index (Phi) is 17.6. The molecule has 216 valence electrons. The van der Waals surface area contributed by atoms with E-state index in [0.29, 0.717) is 23.1 Å². The molecule has 1 heterocycles. The number of benzene rings is 1. The van der Waals surface area contributed by atoms with Gasteiger partial charge in [-0.15, -0.1) is 0 Å². The third-order valence-corrected chi connectivity index (χ3v) is 8.12.